The van der Waals surface area contributed by atoms with Gasteiger partial charge in [-0.2, -0.15) is 0 Å². The summed E-state index contributed by atoms with van der Waals surface area (Å²) in [5.74, 6) is 0. The molecule has 94 valence electrons. The van der Waals surface area contributed by atoms with Crippen molar-refractivity contribution >= 4 is 51.0 Å². The molecule has 1 heterocycles. The zero-order chi connectivity index (χ0) is 13.2. The van der Waals surface area contributed by atoms with E-state index < -0.39 is 0 Å². The van der Waals surface area contributed by atoms with E-state index in [0.29, 0.717) is 0 Å². The number of nitrogens with zero attached hydrogens (tertiary/aromatic N) is 1. The quantitative estimate of drug-likeness (QED) is 0.693. The maximum absolute atomic E-state index is 5.96. The van der Waals surface area contributed by atoms with Gasteiger partial charge in [-0.15, -0.1) is 11.3 Å². The fraction of sp³-hybridized carbons (Fsp3) is 0. The van der Waals surface area contributed by atoms with Crippen LogP contribution in [0.5, 0.6) is 0 Å². The van der Waals surface area contributed by atoms with Gasteiger partial charge >= 0.3 is 0 Å². The third-order valence-corrected chi connectivity index (χ3v) is 3.94. The van der Waals surface area contributed by atoms with E-state index in [4.69, 9.17) is 17.3 Å². The zero-order valence-electron chi connectivity index (χ0n) is 10.0. The Labute approximate surface area is 120 Å². The minimum absolute atomic E-state index is 0.741. The van der Waals surface area contributed by atoms with E-state index in [2.05, 4.69) is 4.98 Å². The summed E-state index contributed by atoms with van der Waals surface area (Å²) in [5, 5.41) is 1.71. The van der Waals surface area contributed by atoms with Gasteiger partial charge in [0.1, 0.15) is 5.01 Å². The molecule has 0 bridgehead atoms. The van der Waals surface area contributed by atoms with Crippen molar-refractivity contribution in [3.63, 3.8) is 0 Å². The van der Waals surface area contributed by atoms with Gasteiger partial charge < -0.3 is 5.73 Å². The summed E-state index contributed by atoms with van der Waals surface area (Å²) in [6.07, 6.45) is 4.03. The Kier molecular flexibility index (Phi) is 3.23. The van der Waals surface area contributed by atoms with Gasteiger partial charge in [-0.25, -0.2) is 4.98 Å². The van der Waals surface area contributed by atoms with E-state index in [1.165, 1.54) is 0 Å². The lowest BCUT2D eigenvalue weighted by Gasteiger charge is -1.93. The standard InChI is InChI=1S/C15H11ClN2S/c16-11-4-7-13-14(9-11)19-15(18-13)8-3-10-1-5-12(17)6-2-10/h1-9H,17H2. The second kappa shape index (κ2) is 5.03. The Morgan fingerprint density at radius 3 is 2.63 bits per heavy atom. The van der Waals surface area contributed by atoms with Crippen molar-refractivity contribution in [3.05, 3.63) is 58.1 Å². The molecule has 3 rings (SSSR count). The van der Waals surface area contributed by atoms with Gasteiger partial charge in [-0.05, 0) is 42.0 Å². The van der Waals surface area contributed by atoms with E-state index in [1.807, 2.05) is 54.6 Å². The van der Waals surface area contributed by atoms with Crippen LogP contribution in [-0.4, -0.2) is 4.98 Å². The molecule has 1 aromatic heterocycles. The number of rotatable bonds is 2. The van der Waals surface area contributed by atoms with E-state index >= 15 is 0 Å². The van der Waals surface area contributed by atoms with Gasteiger partial charge in [0.15, 0.2) is 0 Å². The minimum atomic E-state index is 0.741. The summed E-state index contributed by atoms with van der Waals surface area (Å²) in [6.45, 7) is 0. The first-order chi connectivity index (χ1) is 9.20. The minimum Gasteiger partial charge on any atom is -0.399 e. The number of nitrogens with two attached hydrogens (primary N) is 1. The molecule has 0 saturated heterocycles. The van der Waals surface area contributed by atoms with Crippen molar-refractivity contribution in [2.75, 3.05) is 5.73 Å². The molecule has 0 amide bonds. The van der Waals surface area contributed by atoms with Crippen molar-refractivity contribution in [2.45, 2.75) is 0 Å². The van der Waals surface area contributed by atoms with Gasteiger partial charge in [0.2, 0.25) is 0 Å². The van der Waals surface area contributed by atoms with Crippen LogP contribution in [0, 0.1) is 0 Å². The highest BCUT2D eigenvalue weighted by molar-refractivity contribution is 7.19. The summed E-state index contributed by atoms with van der Waals surface area (Å²) in [7, 11) is 0. The number of benzene rings is 2. The average molecular weight is 287 g/mol. The molecule has 0 radical (unpaired) electrons. The van der Waals surface area contributed by atoms with Gasteiger partial charge in [0.25, 0.3) is 0 Å². The molecule has 0 aliphatic heterocycles. The molecule has 2 aromatic carbocycles. The lowest BCUT2D eigenvalue weighted by Crippen LogP contribution is -1.82. The van der Waals surface area contributed by atoms with E-state index in [1.54, 1.807) is 11.3 Å². The highest BCUT2D eigenvalue weighted by Gasteiger charge is 2.01. The molecule has 0 fully saturated rings. The van der Waals surface area contributed by atoms with Crippen molar-refractivity contribution < 1.29 is 0 Å². The zero-order valence-corrected chi connectivity index (χ0v) is 11.6. The second-order valence-electron chi connectivity index (χ2n) is 4.16. The Morgan fingerprint density at radius 1 is 1.05 bits per heavy atom. The molecule has 0 atom stereocenters. The number of nitrogen functional groups attached to an aromatic ring is 1. The van der Waals surface area contributed by atoms with Crippen molar-refractivity contribution in [2.24, 2.45) is 0 Å². The summed E-state index contributed by atoms with van der Waals surface area (Å²) in [5.41, 5.74) is 8.50. The van der Waals surface area contributed by atoms with Crippen LogP contribution in [0.25, 0.3) is 22.4 Å². The number of thiazole rings is 1. The fourth-order valence-corrected chi connectivity index (χ4v) is 2.91. The molecular formula is C15H11ClN2S. The number of halogens is 1. The molecule has 0 aliphatic carbocycles. The smallest absolute Gasteiger partial charge is 0.117 e. The normalized spacial score (nSPS) is 11.4. The van der Waals surface area contributed by atoms with Crippen LogP contribution in [0.4, 0.5) is 5.69 Å². The lowest BCUT2D eigenvalue weighted by molar-refractivity contribution is 1.46. The first-order valence-electron chi connectivity index (χ1n) is 5.80. The van der Waals surface area contributed by atoms with Gasteiger partial charge in [-0.3, -0.25) is 0 Å². The predicted octanol–water partition coefficient (Wildman–Crippen LogP) is 4.70. The third kappa shape index (κ3) is 2.78. The number of hydrogen-bond acceptors (Lipinski definition) is 3. The van der Waals surface area contributed by atoms with Gasteiger partial charge in [-0.1, -0.05) is 29.8 Å². The van der Waals surface area contributed by atoms with Crippen LogP contribution in [0.15, 0.2) is 42.5 Å². The molecule has 0 spiro atoms. The summed E-state index contributed by atoms with van der Waals surface area (Å²) in [6, 6.07) is 13.5. The van der Waals surface area contributed by atoms with Crippen LogP contribution in [-0.2, 0) is 0 Å². The molecule has 0 saturated carbocycles. The van der Waals surface area contributed by atoms with Gasteiger partial charge in [0.05, 0.1) is 10.2 Å². The number of aromatic nitrogens is 1. The molecule has 2 nitrogen and oxygen atoms in total. The number of hydrogen-bond donors (Lipinski definition) is 1. The van der Waals surface area contributed by atoms with E-state index in [0.717, 1.165) is 31.5 Å². The average Bonchev–Trinajstić information content (AvgIpc) is 2.80. The first-order valence-corrected chi connectivity index (χ1v) is 7.00. The van der Waals surface area contributed by atoms with E-state index in [9.17, 15) is 0 Å². The summed E-state index contributed by atoms with van der Waals surface area (Å²) < 4.78 is 1.10. The molecule has 3 aromatic rings. The van der Waals surface area contributed by atoms with Crippen LogP contribution >= 0.6 is 22.9 Å². The Balaban J connectivity index is 1.90. The molecule has 0 aliphatic rings. The Hall–Kier alpha value is -1.84. The van der Waals surface area contributed by atoms with Crippen LogP contribution in [0.3, 0.4) is 0 Å². The summed E-state index contributed by atoms with van der Waals surface area (Å²) >= 11 is 7.59. The molecular weight excluding hydrogens is 276 g/mol. The number of anilines is 1. The third-order valence-electron chi connectivity index (χ3n) is 2.72. The highest BCUT2D eigenvalue weighted by Crippen LogP contribution is 2.26. The maximum atomic E-state index is 5.96. The molecule has 2 N–H and O–H groups in total. The van der Waals surface area contributed by atoms with Crippen LogP contribution < -0.4 is 5.73 Å². The van der Waals surface area contributed by atoms with Crippen molar-refractivity contribution in [3.8, 4) is 0 Å². The lowest BCUT2D eigenvalue weighted by atomic mass is 10.2. The first kappa shape index (κ1) is 12.2. The fourth-order valence-electron chi connectivity index (χ4n) is 1.76. The SMILES string of the molecule is Nc1ccc(C=Cc2nc3ccc(Cl)cc3s2)cc1. The van der Waals surface area contributed by atoms with Crippen molar-refractivity contribution in [1.29, 1.82) is 0 Å². The maximum Gasteiger partial charge on any atom is 0.117 e. The second-order valence-corrected chi connectivity index (χ2v) is 5.66. The monoisotopic (exact) mass is 286 g/mol. The Morgan fingerprint density at radius 2 is 1.84 bits per heavy atom. The number of fused-ring (bicyclic) bond motifs is 1. The molecule has 4 heteroatoms. The molecule has 19 heavy (non-hydrogen) atoms. The largest absolute Gasteiger partial charge is 0.399 e. The highest BCUT2D eigenvalue weighted by atomic mass is 35.5. The topological polar surface area (TPSA) is 38.9 Å². The van der Waals surface area contributed by atoms with Crippen LogP contribution in [0.1, 0.15) is 10.6 Å². The van der Waals surface area contributed by atoms with E-state index in [-0.39, 0.29) is 0 Å². The summed E-state index contributed by atoms with van der Waals surface area (Å²) in [4.78, 5) is 4.53. The Bertz CT molecular complexity index is 744. The van der Waals surface area contributed by atoms with Crippen molar-refractivity contribution in [1.82, 2.24) is 4.98 Å². The predicted molar refractivity (Wildman–Crippen MR) is 84.4 cm³/mol. The van der Waals surface area contributed by atoms with Gasteiger partial charge in [0, 0.05) is 10.7 Å². The molecule has 0 unspecified atom stereocenters. The van der Waals surface area contributed by atoms with Crippen LogP contribution in [0.2, 0.25) is 5.02 Å².